The lowest BCUT2D eigenvalue weighted by atomic mass is 10.1. The average Bonchev–Trinajstić information content (AvgIpc) is 3.06. The number of carbonyl (C=O) groups excluding carboxylic acids is 2. The third kappa shape index (κ3) is 4.78. The molecule has 2 aromatic rings. The lowest BCUT2D eigenvalue weighted by Crippen LogP contribution is -2.35. The second-order valence-electron chi connectivity index (χ2n) is 5.87. The van der Waals surface area contributed by atoms with E-state index in [9.17, 15) is 9.59 Å². The number of nitrogens with one attached hydrogen (secondary N) is 1. The minimum atomic E-state index is -0.961. The van der Waals surface area contributed by atoms with Crippen LogP contribution in [-0.4, -0.2) is 37.4 Å². The van der Waals surface area contributed by atoms with Gasteiger partial charge in [-0.3, -0.25) is 4.79 Å². The fraction of sp³-hybridized carbons (Fsp3) is 0.421. The monoisotopic (exact) mass is 376 g/mol. The van der Waals surface area contributed by atoms with Gasteiger partial charge in [-0.2, -0.15) is 0 Å². The molecule has 8 nitrogen and oxygen atoms in total. The summed E-state index contributed by atoms with van der Waals surface area (Å²) in [4.78, 5) is 24.6. The quantitative estimate of drug-likeness (QED) is 0.706. The fourth-order valence-corrected chi connectivity index (χ4v) is 2.52. The molecule has 0 aliphatic rings. The van der Waals surface area contributed by atoms with E-state index < -0.39 is 18.0 Å². The number of ether oxygens (including phenoxy) is 3. The molecule has 0 spiro atoms. The number of carbonyl (C=O) groups is 2. The van der Waals surface area contributed by atoms with E-state index in [0.29, 0.717) is 29.4 Å². The van der Waals surface area contributed by atoms with E-state index in [2.05, 4.69) is 10.5 Å². The van der Waals surface area contributed by atoms with Crippen molar-refractivity contribution >= 4 is 11.9 Å². The minimum Gasteiger partial charge on any atom is -0.493 e. The Balaban J connectivity index is 1.96. The number of aromatic nitrogens is 1. The second kappa shape index (κ2) is 9.07. The molecule has 0 fully saturated rings. The van der Waals surface area contributed by atoms with Gasteiger partial charge >= 0.3 is 5.97 Å². The van der Waals surface area contributed by atoms with Crippen LogP contribution >= 0.6 is 0 Å². The molecule has 1 heterocycles. The molecule has 0 aliphatic carbocycles. The van der Waals surface area contributed by atoms with Crippen LogP contribution in [0.15, 0.2) is 22.7 Å². The number of hydrogen-bond donors (Lipinski definition) is 1. The van der Waals surface area contributed by atoms with E-state index >= 15 is 0 Å². The van der Waals surface area contributed by atoms with Gasteiger partial charge in [0, 0.05) is 6.54 Å². The molecule has 0 radical (unpaired) electrons. The van der Waals surface area contributed by atoms with Gasteiger partial charge in [0.05, 0.1) is 19.9 Å². The Hall–Kier alpha value is -3.03. The van der Waals surface area contributed by atoms with Crippen LogP contribution < -0.4 is 14.8 Å². The third-order valence-electron chi connectivity index (χ3n) is 4.04. The van der Waals surface area contributed by atoms with Crippen molar-refractivity contribution in [2.45, 2.75) is 39.8 Å². The summed E-state index contributed by atoms with van der Waals surface area (Å²) >= 11 is 0. The van der Waals surface area contributed by atoms with Crippen molar-refractivity contribution in [3.8, 4) is 11.5 Å². The van der Waals surface area contributed by atoms with Crippen molar-refractivity contribution < 1.29 is 28.3 Å². The third-order valence-corrected chi connectivity index (χ3v) is 4.04. The lowest BCUT2D eigenvalue weighted by Gasteiger charge is -2.14. The highest BCUT2D eigenvalue weighted by atomic mass is 16.5. The molecule has 0 aliphatic heterocycles. The van der Waals surface area contributed by atoms with Crippen LogP contribution in [0.1, 0.15) is 41.2 Å². The molecule has 27 heavy (non-hydrogen) atoms. The van der Waals surface area contributed by atoms with Gasteiger partial charge in [-0.05, 0) is 38.0 Å². The van der Waals surface area contributed by atoms with Gasteiger partial charge in [-0.25, -0.2) is 4.79 Å². The van der Waals surface area contributed by atoms with Crippen LogP contribution in [0.3, 0.4) is 0 Å². The van der Waals surface area contributed by atoms with E-state index in [4.69, 9.17) is 18.7 Å². The Bertz CT molecular complexity index is 815. The molecule has 0 bridgehead atoms. The molecule has 8 heteroatoms. The predicted octanol–water partition coefficient (Wildman–Crippen LogP) is 2.42. The number of nitrogens with zero attached hydrogens (tertiary/aromatic N) is 1. The van der Waals surface area contributed by atoms with Gasteiger partial charge in [0.15, 0.2) is 17.6 Å². The zero-order valence-electron chi connectivity index (χ0n) is 16.1. The predicted molar refractivity (Wildman–Crippen MR) is 96.9 cm³/mol. The summed E-state index contributed by atoms with van der Waals surface area (Å²) in [5.41, 5.74) is 1.61. The van der Waals surface area contributed by atoms with E-state index in [-0.39, 0.29) is 12.1 Å². The Kier molecular flexibility index (Phi) is 6.81. The summed E-state index contributed by atoms with van der Waals surface area (Å²) in [6.07, 6.45) is -0.432. The molecule has 2 rings (SSSR count). The number of amides is 1. The minimum absolute atomic E-state index is 0.258. The highest BCUT2D eigenvalue weighted by Gasteiger charge is 2.25. The zero-order valence-corrected chi connectivity index (χ0v) is 16.1. The summed E-state index contributed by atoms with van der Waals surface area (Å²) in [6.45, 7) is 5.25. The highest BCUT2D eigenvalue weighted by molar-refractivity contribution is 5.93. The highest BCUT2D eigenvalue weighted by Crippen LogP contribution is 2.27. The average molecular weight is 376 g/mol. The number of hydrogen-bond acceptors (Lipinski definition) is 7. The Morgan fingerprint density at radius 1 is 1.22 bits per heavy atom. The lowest BCUT2D eigenvalue weighted by molar-refractivity contribution is -0.129. The van der Waals surface area contributed by atoms with Gasteiger partial charge in [0.2, 0.25) is 0 Å². The van der Waals surface area contributed by atoms with Crippen molar-refractivity contribution in [1.29, 1.82) is 0 Å². The van der Waals surface area contributed by atoms with Crippen LogP contribution in [0.4, 0.5) is 0 Å². The fourth-order valence-electron chi connectivity index (χ4n) is 2.52. The Morgan fingerprint density at radius 3 is 2.56 bits per heavy atom. The first kappa shape index (κ1) is 20.3. The van der Waals surface area contributed by atoms with Crippen molar-refractivity contribution in [1.82, 2.24) is 10.5 Å². The molecule has 146 valence electrons. The van der Waals surface area contributed by atoms with E-state index in [1.54, 1.807) is 33.3 Å². The van der Waals surface area contributed by atoms with Crippen molar-refractivity contribution in [2.24, 2.45) is 0 Å². The summed E-state index contributed by atoms with van der Waals surface area (Å²) < 4.78 is 20.7. The Labute approximate surface area is 157 Å². The van der Waals surface area contributed by atoms with Gasteiger partial charge in [-0.15, -0.1) is 0 Å². The van der Waals surface area contributed by atoms with Crippen LogP contribution in [0.25, 0.3) is 0 Å². The summed E-state index contributed by atoms with van der Waals surface area (Å²) in [5.74, 6) is 0.504. The van der Waals surface area contributed by atoms with Crippen molar-refractivity contribution in [3.63, 3.8) is 0 Å². The van der Waals surface area contributed by atoms with Crippen molar-refractivity contribution in [3.05, 3.63) is 40.8 Å². The first-order valence-corrected chi connectivity index (χ1v) is 8.55. The zero-order chi connectivity index (χ0) is 20.0. The maximum atomic E-state index is 12.3. The number of rotatable bonds is 8. The SMILES string of the molecule is CCc1noc(C)c1C(=O)O[C@H](C)C(=O)NCc1ccc(OC)c(OC)c1. The number of benzene rings is 1. The van der Waals surface area contributed by atoms with Gasteiger partial charge in [0.1, 0.15) is 11.3 Å². The molecule has 1 atom stereocenters. The summed E-state index contributed by atoms with van der Waals surface area (Å²) in [6, 6.07) is 5.33. The topological polar surface area (TPSA) is 99.9 Å². The first-order valence-electron chi connectivity index (χ1n) is 8.55. The molecular weight excluding hydrogens is 352 g/mol. The summed E-state index contributed by atoms with van der Waals surface area (Å²) in [7, 11) is 3.09. The van der Waals surface area contributed by atoms with Gasteiger partial charge in [-0.1, -0.05) is 18.1 Å². The molecular formula is C19H24N2O6. The van der Waals surface area contributed by atoms with Crippen LogP contribution in [0.2, 0.25) is 0 Å². The molecule has 1 aromatic heterocycles. The second-order valence-corrected chi connectivity index (χ2v) is 5.87. The molecule has 1 amide bonds. The van der Waals surface area contributed by atoms with Crippen molar-refractivity contribution in [2.75, 3.05) is 14.2 Å². The molecule has 1 N–H and O–H groups in total. The van der Waals surface area contributed by atoms with Crippen LogP contribution in [0.5, 0.6) is 11.5 Å². The number of methoxy groups -OCH3 is 2. The maximum Gasteiger partial charge on any atom is 0.344 e. The maximum absolute atomic E-state index is 12.3. The van der Waals surface area contributed by atoms with Crippen LogP contribution in [-0.2, 0) is 22.5 Å². The largest absolute Gasteiger partial charge is 0.493 e. The number of aryl methyl sites for hydroxylation is 2. The number of esters is 1. The standard InChI is InChI=1S/C19H24N2O6/c1-6-14-17(11(2)27-21-14)19(23)26-12(3)18(22)20-10-13-7-8-15(24-4)16(9-13)25-5/h7-9,12H,6,10H2,1-5H3,(H,20,22)/t12-/m1/s1. The Morgan fingerprint density at radius 2 is 1.93 bits per heavy atom. The van der Waals surface area contributed by atoms with Crippen LogP contribution in [0, 0.1) is 6.92 Å². The molecule has 0 saturated carbocycles. The summed E-state index contributed by atoms with van der Waals surface area (Å²) in [5, 5.41) is 6.55. The normalized spacial score (nSPS) is 11.6. The van der Waals surface area contributed by atoms with E-state index in [0.717, 1.165) is 5.56 Å². The molecule has 0 saturated heterocycles. The molecule has 1 aromatic carbocycles. The van der Waals surface area contributed by atoms with E-state index in [1.165, 1.54) is 6.92 Å². The smallest absolute Gasteiger partial charge is 0.344 e. The van der Waals surface area contributed by atoms with Gasteiger partial charge < -0.3 is 24.1 Å². The molecule has 0 unspecified atom stereocenters. The first-order chi connectivity index (χ1) is 12.9. The van der Waals surface area contributed by atoms with E-state index in [1.807, 2.05) is 13.0 Å². The van der Waals surface area contributed by atoms with Gasteiger partial charge in [0.25, 0.3) is 5.91 Å².